The molecule has 0 spiro atoms. The number of nitrogens with one attached hydrogen (secondary N) is 1. The topological polar surface area (TPSA) is 82.1 Å². The van der Waals surface area contributed by atoms with Crippen molar-refractivity contribution in [1.29, 1.82) is 0 Å². The highest BCUT2D eigenvalue weighted by molar-refractivity contribution is 5.79. The van der Waals surface area contributed by atoms with Crippen molar-refractivity contribution in [2.24, 2.45) is 5.41 Å². The van der Waals surface area contributed by atoms with E-state index in [0.29, 0.717) is 13.1 Å². The van der Waals surface area contributed by atoms with Gasteiger partial charge >= 0.3 is 12.0 Å². The van der Waals surface area contributed by atoms with Gasteiger partial charge in [-0.05, 0) is 14.0 Å². The monoisotopic (exact) mass is 271 g/mol. The molecule has 2 amide bonds. The number of piperazine rings is 1. The second kappa shape index (κ2) is 5.34. The predicted octanol–water partition coefficient (Wildman–Crippen LogP) is -0.567. The normalized spacial score (nSPS) is 32.3. The van der Waals surface area contributed by atoms with E-state index in [1.807, 2.05) is 7.05 Å². The molecule has 0 aromatic heterocycles. The SMILES string of the molecule is CN1CCN(C(=O)NC2COCC2(C)C(=O)O)CC1. The Hall–Kier alpha value is -1.34. The predicted molar refractivity (Wildman–Crippen MR) is 68.0 cm³/mol. The third-order valence-corrected chi connectivity index (χ3v) is 4.03. The van der Waals surface area contributed by atoms with Crippen LogP contribution in [-0.4, -0.2) is 79.4 Å². The van der Waals surface area contributed by atoms with Gasteiger partial charge in [-0.15, -0.1) is 0 Å². The Bertz CT molecular complexity index is 368. The van der Waals surface area contributed by atoms with E-state index in [9.17, 15) is 14.7 Å². The van der Waals surface area contributed by atoms with Gasteiger partial charge in [0.05, 0.1) is 19.3 Å². The van der Waals surface area contributed by atoms with E-state index in [4.69, 9.17) is 4.74 Å². The Balaban J connectivity index is 1.93. The molecular formula is C12H21N3O4. The first kappa shape index (κ1) is 14.1. The fourth-order valence-corrected chi connectivity index (χ4v) is 2.33. The zero-order valence-corrected chi connectivity index (χ0v) is 11.4. The molecule has 2 aliphatic rings. The summed E-state index contributed by atoms with van der Waals surface area (Å²) in [4.78, 5) is 27.3. The van der Waals surface area contributed by atoms with Crippen LogP contribution in [0.15, 0.2) is 0 Å². The average molecular weight is 271 g/mol. The molecule has 0 aromatic rings. The van der Waals surface area contributed by atoms with Gasteiger partial charge in [0.25, 0.3) is 0 Å². The van der Waals surface area contributed by atoms with E-state index >= 15 is 0 Å². The number of aliphatic carboxylic acids is 1. The van der Waals surface area contributed by atoms with Gasteiger partial charge in [0, 0.05) is 26.2 Å². The first-order valence-corrected chi connectivity index (χ1v) is 6.48. The summed E-state index contributed by atoms with van der Waals surface area (Å²) in [5, 5.41) is 12.0. The molecule has 0 aliphatic carbocycles. The van der Waals surface area contributed by atoms with Gasteiger partial charge in [0.15, 0.2) is 0 Å². The van der Waals surface area contributed by atoms with Crippen LogP contribution >= 0.6 is 0 Å². The molecule has 2 unspecified atom stereocenters. The van der Waals surface area contributed by atoms with E-state index in [0.717, 1.165) is 13.1 Å². The molecule has 2 rings (SSSR count). The van der Waals surface area contributed by atoms with E-state index < -0.39 is 17.4 Å². The number of hydrogen-bond acceptors (Lipinski definition) is 4. The summed E-state index contributed by atoms with van der Waals surface area (Å²) in [6.07, 6.45) is 0. The third kappa shape index (κ3) is 2.82. The summed E-state index contributed by atoms with van der Waals surface area (Å²) in [7, 11) is 2.02. The molecular weight excluding hydrogens is 250 g/mol. The van der Waals surface area contributed by atoms with E-state index in [-0.39, 0.29) is 19.2 Å². The zero-order valence-electron chi connectivity index (χ0n) is 11.4. The fourth-order valence-electron chi connectivity index (χ4n) is 2.33. The second-order valence-electron chi connectivity index (χ2n) is 5.53. The van der Waals surface area contributed by atoms with Gasteiger partial charge in [-0.1, -0.05) is 0 Å². The van der Waals surface area contributed by atoms with Crippen molar-refractivity contribution in [2.75, 3.05) is 46.4 Å². The maximum atomic E-state index is 12.1. The van der Waals surface area contributed by atoms with Crippen LogP contribution in [0.2, 0.25) is 0 Å². The van der Waals surface area contributed by atoms with Crippen molar-refractivity contribution in [1.82, 2.24) is 15.1 Å². The maximum Gasteiger partial charge on any atom is 0.317 e. The molecule has 0 aromatic carbocycles. The molecule has 19 heavy (non-hydrogen) atoms. The number of carboxylic acid groups (broad SMARTS) is 1. The van der Waals surface area contributed by atoms with Crippen molar-refractivity contribution < 1.29 is 19.4 Å². The van der Waals surface area contributed by atoms with Crippen molar-refractivity contribution >= 4 is 12.0 Å². The molecule has 0 saturated carbocycles. The van der Waals surface area contributed by atoms with Gasteiger partial charge in [0.2, 0.25) is 0 Å². The number of carboxylic acids is 1. The minimum atomic E-state index is -1.04. The van der Waals surface area contributed by atoms with Crippen LogP contribution in [0.5, 0.6) is 0 Å². The Morgan fingerprint density at radius 2 is 1.95 bits per heavy atom. The van der Waals surface area contributed by atoms with Crippen molar-refractivity contribution in [3.05, 3.63) is 0 Å². The van der Waals surface area contributed by atoms with Gasteiger partial charge in [-0.3, -0.25) is 4.79 Å². The van der Waals surface area contributed by atoms with Gasteiger partial charge in [-0.25, -0.2) is 4.79 Å². The van der Waals surface area contributed by atoms with Crippen LogP contribution in [-0.2, 0) is 9.53 Å². The van der Waals surface area contributed by atoms with Crippen LogP contribution in [0.1, 0.15) is 6.92 Å². The highest BCUT2D eigenvalue weighted by atomic mass is 16.5. The number of urea groups is 1. The van der Waals surface area contributed by atoms with Crippen LogP contribution in [0, 0.1) is 5.41 Å². The van der Waals surface area contributed by atoms with Crippen LogP contribution in [0.25, 0.3) is 0 Å². The highest BCUT2D eigenvalue weighted by Crippen LogP contribution is 2.28. The summed E-state index contributed by atoms with van der Waals surface area (Å²) in [5.41, 5.74) is -1.04. The number of hydrogen-bond donors (Lipinski definition) is 2. The van der Waals surface area contributed by atoms with Crippen LogP contribution in [0.3, 0.4) is 0 Å². The molecule has 0 bridgehead atoms. The Kier molecular flexibility index (Phi) is 3.96. The largest absolute Gasteiger partial charge is 0.481 e. The molecule has 108 valence electrons. The number of carbonyl (C=O) groups excluding carboxylic acids is 1. The minimum absolute atomic E-state index is 0.135. The van der Waals surface area contributed by atoms with E-state index in [2.05, 4.69) is 10.2 Å². The highest BCUT2D eigenvalue weighted by Gasteiger charge is 2.47. The number of ether oxygens (including phenoxy) is 1. The molecule has 0 radical (unpaired) electrons. The lowest BCUT2D eigenvalue weighted by Gasteiger charge is -2.34. The summed E-state index contributed by atoms with van der Waals surface area (Å²) in [6.45, 7) is 5.00. The van der Waals surface area contributed by atoms with Crippen molar-refractivity contribution in [3.63, 3.8) is 0 Å². The number of carbonyl (C=O) groups is 2. The lowest BCUT2D eigenvalue weighted by atomic mass is 9.85. The molecule has 2 atom stereocenters. The average Bonchev–Trinajstić information content (AvgIpc) is 2.73. The van der Waals surface area contributed by atoms with Gasteiger partial charge in [0.1, 0.15) is 5.41 Å². The number of nitrogens with zero attached hydrogens (tertiary/aromatic N) is 2. The van der Waals surface area contributed by atoms with E-state index in [1.165, 1.54) is 0 Å². The fraction of sp³-hybridized carbons (Fsp3) is 0.833. The zero-order chi connectivity index (χ0) is 14.0. The smallest absolute Gasteiger partial charge is 0.317 e. The van der Waals surface area contributed by atoms with Crippen LogP contribution in [0.4, 0.5) is 4.79 Å². The number of amides is 2. The van der Waals surface area contributed by atoms with Crippen molar-refractivity contribution in [2.45, 2.75) is 13.0 Å². The lowest BCUT2D eigenvalue weighted by Crippen LogP contribution is -2.56. The van der Waals surface area contributed by atoms with Crippen molar-refractivity contribution in [3.8, 4) is 0 Å². The Labute approximate surface area is 112 Å². The lowest BCUT2D eigenvalue weighted by molar-refractivity contribution is -0.148. The maximum absolute atomic E-state index is 12.1. The Morgan fingerprint density at radius 3 is 2.53 bits per heavy atom. The Morgan fingerprint density at radius 1 is 1.32 bits per heavy atom. The first-order valence-electron chi connectivity index (χ1n) is 6.48. The third-order valence-electron chi connectivity index (χ3n) is 4.03. The molecule has 7 nitrogen and oxygen atoms in total. The molecule has 2 fully saturated rings. The van der Waals surface area contributed by atoms with Crippen LogP contribution < -0.4 is 5.32 Å². The second-order valence-corrected chi connectivity index (χ2v) is 5.53. The summed E-state index contributed by atoms with van der Waals surface area (Å²) >= 11 is 0. The molecule has 7 heteroatoms. The number of likely N-dealkylation sites (N-methyl/N-ethyl adjacent to an activating group) is 1. The van der Waals surface area contributed by atoms with Gasteiger partial charge < -0.3 is 25.0 Å². The summed E-state index contributed by atoms with van der Waals surface area (Å²) < 4.78 is 5.22. The quantitative estimate of drug-likeness (QED) is 0.703. The molecule has 2 N–H and O–H groups in total. The standard InChI is InChI=1S/C12H21N3O4/c1-12(10(16)17)8-19-7-9(12)13-11(18)15-5-3-14(2)4-6-15/h9H,3-8H2,1-2H3,(H,13,18)(H,16,17). The molecule has 2 heterocycles. The molecule has 2 saturated heterocycles. The van der Waals surface area contributed by atoms with E-state index in [1.54, 1.807) is 11.8 Å². The van der Waals surface area contributed by atoms with Gasteiger partial charge in [-0.2, -0.15) is 0 Å². The summed E-state index contributed by atoms with van der Waals surface area (Å²) in [6, 6.07) is -0.673. The number of rotatable bonds is 2. The summed E-state index contributed by atoms with van der Waals surface area (Å²) in [5.74, 6) is -0.936. The molecule has 2 aliphatic heterocycles. The first-order chi connectivity index (χ1) is 8.93. The minimum Gasteiger partial charge on any atom is -0.481 e.